The normalized spacial score (nSPS) is 17.3. The lowest BCUT2D eigenvalue weighted by molar-refractivity contribution is -0.132. The second kappa shape index (κ2) is 9.21. The minimum Gasteiger partial charge on any atom is -0.347 e. The summed E-state index contributed by atoms with van der Waals surface area (Å²) in [5, 5.41) is 10.5. The Balaban J connectivity index is 1.39. The summed E-state index contributed by atoms with van der Waals surface area (Å²) in [6, 6.07) is 12.0. The Morgan fingerprint density at radius 1 is 1.09 bits per heavy atom. The topological polar surface area (TPSA) is 93.0 Å². The molecule has 0 spiro atoms. The third-order valence-corrected chi connectivity index (χ3v) is 5.27. The van der Waals surface area contributed by atoms with Gasteiger partial charge in [0.05, 0.1) is 31.7 Å². The van der Waals surface area contributed by atoms with Gasteiger partial charge in [0.25, 0.3) is 11.8 Å². The van der Waals surface area contributed by atoms with Gasteiger partial charge in [0.1, 0.15) is 0 Å². The lowest BCUT2D eigenvalue weighted by Gasteiger charge is -2.23. The molecule has 166 valence electrons. The van der Waals surface area contributed by atoms with Crippen LogP contribution < -0.4 is 5.32 Å². The number of hydrogen-bond acceptors (Lipinski definition) is 5. The molecule has 0 aliphatic carbocycles. The monoisotopic (exact) mass is 440 g/mol. The number of amides is 2. The first kappa shape index (κ1) is 21.5. The Hall–Kier alpha value is -3.69. The average Bonchev–Trinajstić information content (AvgIpc) is 3.37. The van der Waals surface area contributed by atoms with Crippen molar-refractivity contribution in [3.63, 3.8) is 0 Å². The van der Waals surface area contributed by atoms with E-state index in [9.17, 15) is 18.4 Å². The number of carbonyl (C=O) groups excluding carboxylic acids is 2. The lowest BCUT2D eigenvalue weighted by atomic mass is 10.1. The van der Waals surface area contributed by atoms with Gasteiger partial charge in [-0.05, 0) is 23.3 Å². The van der Waals surface area contributed by atoms with Crippen LogP contribution in [0, 0.1) is 0 Å². The molecule has 4 rings (SSSR count). The summed E-state index contributed by atoms with van der Waals surface area (Å²) in [6.07, 6.45) is 4.06. The fraction of sp³-hybridized carbons (Fsp3) is 0.318. The molecule has 1 saturated heterocycles. The molecule has 10 heteroatoms. The molecule has 2 aromatic heterocycles. The summed E-state index contributed by atoms with van der Waals surface area (Å²) < 4.78 is 29.6. The van der Waals surface area contributed by atoms with Gasteiger partial charge in [-0.3, -0.25) is 14.6 Å². The number of hydrogen-bond donors (Lipinski definition) is 1. The Kier molecular flexibility index (Phi) is 6.20. The van der Waals surface area contributed by atoms with Crippen molar-refractivity contribution in [1.29, 1.82) is 0 Å². The van der Waals surface area contributed by atoms with Crippen LogP contribution in [0.2, 0.25) is 0 Å². The van der Waals surface area contributed by atoms with Gasteiger partial charge in [-0.25, -0.2) is 13.5 Å². The van der Waals surface area contributed by atoms with Crippen molar-refractivity contribution < 1.29 is 18.4 Å². The highest BCUT2D eigenvalue weighted by Gasteiger charge is 2.47. The standard InChI is InChI=1S/C22H22F2N6O2/c23-22(24)11-18(30(15-22)20(31)10-16-6-8-25-9-7-16)13-29-14-19(27-28-29)21(32)26-12-17-4-2-1-3-5-17/h1-9,14,18H,10-13,15H2,(H,26,32)/t18-/m0/s1. The lowest BCUT2D eigenvalue weighted by Crippen LogP contribution is -2.39. The molecular weight excluding hydrogens is 418 g/mol. The van der Waals surface area contributed by atoms with Crippen molar-refractivity contribution in [1.82, 2.24) is 30.2 Å². The van der Waals surface area contributed by atoms with Gasteiger partial charge in [0.15, 0.2) is 5.69 Å². The Labute approximate surface area is 183 Å². The molecule has 0 saturated carbocycles. The third kappa shape index (κ3) is 5.32. The van der Waals surface area contributed by atoms with Crippen LogP contribution >= 0.6 is 0 Å². The number of likely N-dealkylation sites (tertiary alicyclic amines) is 1. The number of rotatable bonds is 7. The summed E-state index contributed by atoms with van der Waals surface area (Å²) in [6.45, 7) is -0.282. The van der Waals surface area contributed by atoms with Crippen LogP contribution in [0.4, 0.5) is 8.78 Å². The van der Waals surface area contributed by atoms with Gasteiger partial charge in [-0.15, -0.1) is 5.10 Å². The maximum Gasteiger partial charge on any atom is 0.273 e. The Morgan fingerprint density at radius 3 is 2.59 bits per heavy atom. The second-order valence-corrected chi connectivity index (χ2v) is 7.76. The molecule has 1 atom stereocenters. The van der Waals surface area contributed by atoms with E-state index in [1.807, 2.05) is 30.3 Å². The Bertz CT molecular complexity index is 1070. The maximum atomic E-state index is 14.1. The van der Waals surface area contributed by atoms with E-state index in [4.69, 9.17) is 0 Å². The van der Waals surface area contributed by atoms with Gasteiger partial charge < -0.3 is 10.2 Å². The predicted molar refractivity (Wildman–Crippen MR) is 111 cm³/mol. The maximum absolute atomic E-state index is 14.1. The molecule has 3 aromatic rings. The van der Waals surface area contributed by atoms with E-state index >= 15 is 0 Å². The zero-order valence-electron chi connectivity index (χ0n) is 17.2. The third-order valence-electron chi connectivity index (χ3n) is 5.27. The van der Waals surface area contributed by atoms with Crippen molar-refractivity contribution in [3.8, 4) is 0 Å². The number of nitrogens with one attached hydrogen (secondary N) is 1. The fourth-order valence-corrected chi connectivity index (χ4v) is 3.71. The van der Waals surface area contributed by atoms with Gasteiger partial charge in [-0.2, -0.15) is 0 Å². The highest BCUT2D eigenvalue weighted by molar-refractivity contribution is 5.91. The van der Waals surface area contributed by atoms with Crippen molar-refractivity contribution in [2.24, 2.45) is 0 Å². The highest BCUT2D eigenvalue weighted by atomic mass is 19.3. The summed E-state index contributed by atoms with van der Waals surface area (Å²) in [5.41, 5.74) is 1.72. The Morgan fingerprint density at radius 2 is 1.84 bits per heavy atom. The number of nitrogens with zero attached hydrogens (tertiary/aromatic N) is 5. The van der Waals surface area contributed by atoms with Crippen LogP contribution in [-0.4, -0.2) is 55.2 Å². The van der Waals surface area contributed by atoms with Crippen LogP contribution in [0.5, 0.6) is 0 Å². The van der Waals surface area contributed by atoms with Crippen LogP contribution in [0.15, 0.2) is 61.1 Å². The summed E-state index contributed by atoms with van der Waals surface area (Å²) in [5.74, 6) is -3.78. The number of benzene rings is 1. The molecule has 0 bridgehead atoms. The molecule has 1 N–H and O–H groups in total. The van der Waals surface area contributed by atoms with Gasteiger partial charge in [0, 0.05) is 25.4 Å². The number of halogens is 2. The molecule has 32 heavy (non-hydrogen) atoms. The first-order valence-electron chi connectivity index (χ1n) is 10.2. The molecule has 1 aromatic carbocycles. The van der Waals surface area contributed by atoms with E-state index in [-0.39, 0.29) is 24.6 Å². The average molecular weight is 440 g/mol. The number of alkyl halides is 2. The van der Waals surface area contributed by atoms with Gasteiger partial charge in [-0.1, -0.05) is 35.5 Å². The fourth-order valence-electron chi connectivity index (χ4n) is 3.71. The molecule has 8 nitrogen and oxygen atoms in total. The van der Waals surface area contributed by atoms with Crippen molar-refractivity contribution >= 4 is 11.8 Å². The zero-order chi connectivity index (χ0) is 22.6. The summed E-state index contributed by atoms with van der Waals surface area (Å²) in [7, 11) is 0. The highest BCUT2D eigenvalue weighted by Crippen LogP contribution is 2.33. The summed E-state index contributed by atoms with van der Waals surface area (Å²) in [4.78, 5) is 30.1. The van der Waals surface area contributed by atoms with Gasteiger partial charge in [0.2, 0.25) is 5.91 Å². The number of pyridine rings is 1. The first-order chi connectivity index (χ1) is 15.4. The molecule has 3 heterocycles. The van der Waals surface area contributed by atoms with Crippen LogP contribution in [0.25, 0.3) is 0 Å². The van der Waals surface area contributed by atoms with Crippen LogP contribution in [0.1, 0.15) is 28.0 Å². The van der Waals surface area contributed by atoms with Crippen molar-refractivity contribution in [3.05, 3.63) is 77.9 Å². The van der Waals surface area contributed by atoms with E-state index in [1.54, 1.807) is 24.5 Å². The zero-order valence-corrected chi connectivity index (χ0v) is 17.2. The second-order valence-electron chi connectivity index (χ2n) is 7.76. The molecule has 2 amide bonds. The molecule has 1 aliphatic heterocycles. The smallest absolute Gasteiger partial charge is 0.273 e. The van der Waals surface area contributed by atoms with E-state index < -0.39 is 30.8 Å². The van der Waals surface area contributed by atoms with E-state index in [2.05, 4.69) is 20.6 Å². The predicted octanol–water partition coefficient (Wildman–Crippen LogP) is 2.08. The van der Waals surface area contributed by atoms with E-state index in [0.717, 1.165) is 5.56 Å². The SMILES string of the molecule is O=C(NCc1ccccc1)c1cn(C[C@@H]2CC(F)(F)CN2C(=O)Cc2ccncc2)nn1. The minimum absolute atomic E-state index is 0.0135. The molecular formula is C22H22F2N6O2. The van der Waals surface area contributed by atoms with Crippen molar-refractivity contribution in [2.75, 3.05) is 6.54 Å². The van der Waals surface area contributed by atoms with Gasteiger partial charge >= 0.3 is 0 Å². The van der Waals surface area contributed by atoms with E-state index in [0.29, 0.717) is 12.1 Å². The molecule has 0 unspecified atom stereocenters. The van der Waals surface area contributed by atoms with Crippen LogP contribution in [0.3, 0.4) is 0 Å². The number of aromatic nitrogens is 4. The van der Waals surface area contributed by atoms with Crippen LogP contribution in [-0.2, 0) is 24.3 Å². The first-order valence-corrected chi connectivity index (χ1v) is 10.2. The molecule has 1 fully saturated rings. The quantitative estimate of drug-likeness (QED) is 0.607. The largest absolute Gasteiger partial charge is 0.347 e. The van der Waals surface area contributed by atoms with E-state index in [1.165, 1.54) is 15.8 Å². The summed E-state index contributed by atoms with van der Waals surface area (Å²) >= 11 is 0. The van der Waals surface area contributed by atoms with Crippen molar-refractivity contribution in [2.45, 2.75) is 37.9 Å². The number of carbonyl (C=O) groups is 2. The molecule has 1 aliphatic rings. The molecule has 0 radical (unpaired) electrons. The minimum atomic E-state index is -2.98.